The van der Waals surface area contributed by atoms with Gasteiger partial charge in [0.1, 0.15) is 0 Å². The molecule has 0 bridgehead atoms. The van der Waals surface area contributed by atoms with Gasteiger partial charge in [0.2, 0.25) is 0 Å². The number of rotatable bonds is 2. The van der Waals surface area contributed by atoms with Crippen LogP contribution in [0.4, 0.5) is 0 Å². The maximum absolute atomic E-state index is 9.37. The maximum Gasteiger partial charge on any atom is 0.303 e. The summed E-state index contributed by atoms with van der Waals surface area (Å²) in [5.74, 6) is -1.49. The maximum atomic E-state index is 9.37. The molecule has 0 heterocycles. The van der Waals surface area contributed by atoms with Gasteiger partial charge in [0.05, 0.1) is 0 Å². The molecule has 0 aromatic heterocycles. The number of hydrogen-bond donors (Lipinski definition) is 2. The Morgan fingerprint density at radius 1 is 0.938 bits per heavy atom. The van der Waals surface area contributed by atoms with Gasteiger partial charge in [-0.2, -0.15) is 0 Å². The Balaban J connectivity index is -0.0000000621. The van der Waals surface area contributed by atoms with Crippen molar-refractivity contribution in [3.63, 3.8) is 0 Å². The van der Waals surface area contributed by atoms with E-state index in [0.29, 0.717) is 0 Å². The fourth-order valence-corrected chi connectivity index (χ4v) is 0. The van der Waals surface area contributed by atoms with Crippen molar-refractivity contribution in [2.45, 2.75) is 40.5 Å². The number of hydrogen-bond acceptors (Lipinski definition) is 2. The second-order valence-corrected chi connectivity index (χ2v) is 2.31. The van der Waals surface area contributed by atoms with E-state index in [1.165, 1.54) is 0 Å². The lowest BCUT2D eigenvalue weighted by atomic mass is 10.5. The molecule has 0 fully saturated rings. The third-order valence-corrected chi connectivity index (χ3v) is 0.605. The summed E-state index contributed by atoms with van der Waals surface area (Å²) >= 11 is 0. The van der Waals surface area contributed by atoms with Gasteiger partial charge < -0.3 is 10.2 Å². The third-order valence-electron chi connectivity index (χ3n) is 0.605. The van der Waals surface area contributed by atoms with Gasteiger partial charge in [0.15, 0.2) is 0 Å². The normalized spacial score (nSPS) is 6.25. The largest absolute Gasteiger partial charge is 0.481 e. The Labute approximate surface area is 98.3 Å². The Bertz CT molecular complexity index is 154. The Kier molecular flexibility index (Phi) is 43.7. The average molecular weight is 232 g/mol. The summed E-state index contributed by atoms with van der Waals surface area (Å²) in [5, 5.41) is 15.4. The molecule has 0 radical (unpaired) electrons. The van der Waals surface area contributed by atoms with Crippen molar-refractivity contribution in [1.29, 1.82) is 0 Å². The molecule has 0 aliphatic carbocycles. The number of carboxylic acids is 2. The molecular weight excluding hydrogens is 208 g/mol. The predicted octanol–water partition coefficient (Wildman–Crippen LogP) is 3.35. The van der Waals surface area contributed by atoms with Crippen LogP contribution in [0.15, 0.2) is 25.3 Å². The van der Waals surface area contributed by atoms with Crippen LogP contribution in [0.25, 0.3) is 0 Å². The molecule has 0 saturated heterocycles. The van der Waals surface area contributed by atoms with Crippen LogP contribution in [0.5, 0.6) is 0 Å². The molecule has 96 valence electrons. The lowest BCUT2D eigenvalue weighted by molar-refractivity contribution is -0.137. The number of carboxylic acid groups (broad SMARTS) is 2. The summed E-state index contributed by atoms with van der Waals surface area (Å²) in [5.41, 5.74) is 0. The number of carbonyl (C=O) groups is 2. The van der Waals surface area contributed by atoms with E-state index in [1.807, 2.05) is 13.8 Å². The zero-order chi connectivity index (χ0) is 14.0. The van der Waals surface area contributed by atoms with Gasteiger partial charge in [0, 0.05) is 12.8 Å². The van der Waals surface area contributed by atoms with E-state index < -0.39 is 11.9 Å². The highest BCUT2D eigenvalue weighted by Gasteiger charge is 1.81. The van der Waals surface area contributed by atoms with Crippen molar-refractivity contribution in [2.24, 2.45) is 0 Å². The van der Waals surface area contributed by atoms with Crippen LogP contribution in [-0.2, 0) is 9.59 Å². The molecule has 0 atom stereocenters. The zero-order valence-electron chi connectivity index (χ0n) is 10.7. The van der Waals surface area contributed by atoms with Crippen LogP contribution in [0.2, 0.25) is 0 Å². The SMILES string of the molecule is C=CC.C=CC.CCC(=O)O.CCC(=O)O. The average Bonchev–Trinajstić information content (AvgIpc) is 2.21. The molecule has 0 aromatic carbocycles. The van der Waals surface area contributed by atoms with Crippen molar-refractivity contribution < 1.29 is 19.8 Å². The first-order chi connectivity index (χ1) is 7.37. The summed E-state index contributed by atoms with van der Waals surface area (Å²) in [6.45, 7) is 13.7. The van der Waals surface area contributed by atoms with Gasteiger partial charge in [-0.1, -0.05) is 26.0 Å². The van der Waals surface area contributed by atoms with Crippen LogP contribution in [0.1, 0.15) is 40.5 Å². The van der Waals surface area contributed by atoms with Crippen molar-refractivity contribution >= 4 is 11.9 Å². The molecule has 0 unspecified atom stereocenters. The van der Waals surface area contributed by atoms with E-state index in [2.05, 4.69) is 13.2 Å². The monoisotopic (exact) mass is 232 g/mol. The van der Waals surface area contributed by atoms with Crippen LogP contribution in [0, 0.1) is 0 Å². The van der Waals surface area contributed by atoms with E-state index in [0.717, 1.165) is 0 Å². The van der Waals surface area contributed by atoms with E-state index in [4.69, 9.17) is 10.2 Å². The minimum atomic E-state index is -0.745. The molecule has 0 spiro atoms. The summed E-state index contributed by atoms with van der Waals surface area (Å²) in [6.07, 6.45) is 3.94. The van der Waals surface area contributed by atoms with Gasteiger partial charge in [-0.05, 0) is 13.8 Å². The first kappa shape index (κ1) is 23.9. The fraction of sp³-hybridized carbons (Fsp3) is 0.500. The van der Waals surface area contributed by atoms with E-state index in [9.17, 15) is 9.59 Å². The molecule has 0 rings (SSSR count). The third kappa shape index (κ3) is 277. The summed E-state index contributed by atoms with van der Waals surface area (Å²) in [7, 11) is 0. The standard InChI is InChI=1S/2C3H6O2.2C3H6/c2*1-2-3(4)5;2*1-3-2/h2*2H2,1H3,(H,4,5);2*3H,1H2,2H3. The lowest BCUT2D eigenvalue weighted by Crippen LogP contribution is -1.86. The second kappa shape index (κ2) is 29.2. The highest BCUT2D eigenvalue weighted by Crippen LogP contribution is 1.67. The molecule has 0 aliphatic heterocycles. The van der Waals surface area contributed by atoms with Crippen LogP contribution >= 0.6 is 0 Å². The van der Waals surface area contributed by atoms with Crippen molar-refractivity contribution in [3.8, 4) is 0 Å². The summed E-state index contributed by atoms with van der Waals surface area (Å²) in [6, 6.07) is 0. The first-order valence-corrected chi connectivity index (χ1v) is 4.95. The lowest BCUT2D eigenvalue weighted by Gasteiger charge is -1.71. The fourth-order valence-electron chi connectivity index (χ4n) is 0. The minimum absolute atomic E-state index is 0.222. The molecule has 4 nitrogen and oxygen atoms in total. The van der Waals surface area contributed by atoms with Gasteiger partial charge in [-0.25, -0.2) is 0 Å². The smallest absolute Gasteiger partial charge is 0.303 e. The van der Waals surface area contributed by atoms with Gasteiger partial charge in [-0.3, -0.25) is 9.59 Å². The number of aliphatic carboxylic acids is 2. The second-order valence-electron chi connectivity index (χ2n) is 2.31. The van der Waals surface area contributed by atoms with Crippen LogP contribution in [0.3, 0.4) is 0 Å². The minimum Gasteiger partial charge on any atom is -0.481 e. The van der Waals surface area contributed by atoms with Crippen LogP contribution in [-0.4, -0.2) is 22.2 Å². The van der Waals surface area contributed by atoms with E-state index in [1.54, 1.807) is 26.0 Å². The number of allylic oxidation sites excluding steroid dienone is 2. The molecule has 0 aliphatic rings. The molecule has 2 N–H and O–H groups in total. The molecule has 4 heteroatoms. The predicted molar refractivity (Wildman–Crippen MR) is 67.6 cm³/mol. The van der Waals surface area contributed by atoms with E-state index >= 15 is 0 Å². The van der Waals surface area contributed by atoms with Gasteiger partial charge in [0.25, 0.3) is 0 Å². The van der Waals surface area contributed by atoms with E-state index in [-0.39, 0.29) is 12.8 Å². The topological polar surface area (TPSA) is 74.6 Å². The quantitative estimate of drug-likeness (QED) is 0.716. The highest BCUT2D eigenvalue weighted by atomic mass is 16.4. The summed E-state index contributed by atoms with van der Waals surface area (Å²) < 4.78 is 0. The van der Waals surface area contributed by atoms with Gasteiger partial charge >= 0.3 is 11.9 Å². The summed E-state index contributed by atoms with van der Waals surface area (Å²) in [4.78, 5) is 18.7. The molecule has 16 heavy (non-hydrogen) atoms. The van der Waals surface area contributed by atoms with Crippen molar-refractivity contribution in [1.82, 2.24) is 0 Å². The van der Waals surface area contributed by atoms with Crippen molar-refractivity contribution in [3.05, 3.63) is 25.3 Å². The van der Waals surface area contributed by atoms with Gasteiger partial charge in [-0.15, -0.1) is 13.2 Å². The Morgan fingerprint density at radius 2 is 1.00 bits per heavy atom. The molecule has 0 aromatic rings. The first-order valence-electron chi connectivity index (χ1n) is 4.95. The van der Waals surface area contributed by atoms with Crippen LogP contribution < -0.4 is 0 Å². The van der Waals surface area contributed by atoms with Crippen molar-refractivity contribution in [2.75, 3.05) is 0 Å². The molecular formula is C12H24O4. The molecule has 0 saturated carbocycles. The molecule has 0 amide bonds. The Hall–Kier alpha value is -1.58. The Morgan fingerprint density at radius 3 is 1.00 bits per heavy atom. The zero-order valence-corrected chi connectivity index (χ0v) is 10.7. The highest BCUT2D eigenvalue weighted by molar-refractivity contribution is 5.66.